The van der Waals surface area contributed by atoms with Crippen LogP contribution in [0.2, 0.25) is 10.0 Å². The van der Waals surface area contributed by atoms with Crippen LogP contribution in [0.3, 0.4) is 0 Å². The minimum absolute atomic E-state index is 0.156. The first-order chi connectivity index (χ1) is 16.5. The number of nitrogens with zero attached hydrogens (tertiary/aromatic N) is 4. The zero-order valence-corrected chi connectivity index (χ0v) is 20.1. The fourth-order valence-corrected chi connectivity index (χ4v) is 5.14. The average molecular weight is 536 g/mol. The van der Waals surface area contributed by atoms with E-state index < -0.39 is 23.0 Å². The van der Waals surface area contributed by atoms with E-state index in [1.807, 2.05) is 41.8 Å². The number of fused-ring (bicyclic) bond motifs is 2. The summed E-state index contributed by atoms with van der Waals surface area (Å²) in [5.74, 6) is -1.27. The Labute approximate surface area is 211 Å². The molecule has 0 aliphatic carbocycles. The Hall–Kier alpha value is -3.08. The van der Waals surface area contributed by atoms with E-state index in [1.165, 1.54) is 6.08 Å². The molecule has 2 aromatic carbocycles. The minimum atomic E-state index is -4.70. The number of rotatable bonds is 3. The number of aromatic nitrogens is 1. The minimum Gasteiger partial charge on any atom is -0.340 e. The molecule has 0 atom stereocenters. The van der Waals surface area contributed by atoms with Crippen molar-refractivity contribution in [1.29, 1.82) is 5.41 Å². The molecule has 5 rings (SSSR count). The molecule has 178 valence electrons. The second-order valence-electron chi connectivity index (χ2n) is 7.76. The van der Waals surface area contributed by atoms with Gasteiger partial charge >= 0.3 is 6.18 Å². The van der Waals surface area contributed by atoms with Crippen molar-refractivity contribution < 1.29 is 18.0 Å². The average Bonchev–Trinajstić information content (AvgIpc) is 3.33. The van der Waals surface area contributed by atoms with Crippen molar-refractivity contribution in [2.75, 3.05) is 0 Å². The van der Waals surface area contributed by atoms with E-state index in [-0.39, 0.29) is 22.5 Å². The SMILES string of the molecule is Cc1c(C=C2C(=N)N3N=C(C(F)(F)F)SC3=NC2=O)c2ccccc2n1Cc1ccc(Cl)cc1Cl. The van der Waals surface area contributed by atoms with Crippen LogP contribution in [0.25, 0.3) is 17.0 Å². The maximum absolute atomic E-state index is 13.1. The monoisotopic (exact) mass is 535 g/mol. The molecule has 0 spiro atoms. The Kier molecular flexibility index (Phi) is 5.77. The second kappa shape index (κ2) is 8.54. The molecule has 1 N–H and O–H groups in total. The molecule has 6 nitrogen and oxygen atoms in total. The Morgan fingerprint density at radius 2 is 1.91 bits per heavy atom. The molecule has 2 aliphatic rings. The standard InChI is InChI=1S/C23H14Cl2F3N5OS/c1-11-15(9-16-19(29)33-22(30-20(16)34)35-21(31-33)23(26,27)28)14-4-2-3-5-18(14)32(11)10-12-6-7-13(24)8-17(12)25/h2-9,29H,10H2,1H3. The molecule has 12 heteroatoms. The molecule has 3 heterocycles. The molecule has 1 aromatic heterocycles. The summed E-state index contributed by atoms with van der Waals surface area (Å²) in [6, 6.07) is 12.7. The smallest absolute Gasteiger partial charge is 0.340 e. The molecule has 1 amide bonds. The molecular weight excluding hydrogens is 522 g/mol. The number of alkyl halides is 3. The normalized spacial score (nSPS) is 17.3. The van der Waals surface area contributed by atoms with Crippen LogP contribution < -0.4 is 0 Å². The fraction of sp³-hybridized carbons (Fsp3) is 0.130. The molecule has 0 bridgehead atoms. The summed E-state index contributed by atoms with van der Waals surface area (Å²) in [4.78, 5) is 16.5. The van der Waals surface area contributed by atoms with E-state index >= 15 is 0 Å². The Morgan fingerprint density at radius 3 is 2.63 bits per heavy atom. The van der Waals surface area contributed by atoms with E-state index in [2.05, 4.69) is 10.1 Å². The van der Waals surface area contributed by atoms with Gasteiger partial charge in [0.1, 0.15) is 0 Å². The number of hydrazone groups is 1. The Morgan fingerprint density at radius 1 is 1.17 bits per heavy atom. The highest BCUT2D eigenvalue weighted by atomic mass is 35.5. The van der Waals surface area contributed by atoms with Gasteiger partial charge in [0.15, 0.2) is 5.84 Å². The predicted octanol–water partition coefficient (Wildman–Crippen LogP) is 6.49. The van der Waals surface area contributed by atoms with Gasteiger partial charge < -0.3 is 4.57 Å². The third-order valence-corrected chi connectivity index (χ3v) is 7.15. The van der Waals surface area contributed by atoms with Crippen LogP contribution in [0.15, 0.2) is 58.1 Å². The molecule has 0 radical (unpaired) electrons. The van der Waals surface area contributed by atoms with Crippen LogP contribution in [0, 0.1) is 12.3 Å². The molecule has 0 saturated heterocycles. The topological polar surface area (TPSA) is 73.8 Å². The van der Waals surface area contributed by atoms with Gasteiger partial charge in [-0.25, -0.2) is 0 Å². The Bertz CT molecular complexity index is 1520. The lowest BCUT2D eigenvalue weighted by Gasteiger charge is -2.20. The lowest BCUT2D eigenvalue weighted by Crippen LogP contribution is -2.35. The number of nitrogens with one attached hydrogen (secondary N) is 1. The number of halogens is 5. The van der Waals surface area contributed by atoms with Gasteiger partial charge in [-0.1, -0.05) is 47.5 Å². The van der Waals surface area contributed by atoms with Gasteiger partial charge in [0.25, 0.3) is 5.91 Å². The van der Waals surface area contributed by atoms with Gasteiger partial charge in [0.2, 0.25) is 10.2 Å². The number of amidine groups is 2. The van der Waals surface area contributed by atoms with Gasteiger partial charge in [0, 0.05) is 38.8 Å². The van der Waals surface area contributed by atoms with E-state index in [4.69, 9.17) is 28.6 Å². The van der Waals surface area contributed by atoms with Crippen molar-refractivity contribution in [3.63, 3.8) is 0 Å². The fourth-order valence-electron chi connectivity index (χ4n) is 3.91. The summed E-state index contributed by atoms with van der Waals surface area (Å²) in [6.45, 7) is 2.27. The van der Waals surface area contributed by atoms with Crippen LogP contribution in [-0.4, -0.2) is 37.7 Å². The van der Waals surface area contributed by atoms with Crippen molar-refractivity contribution >= 4 is 73.9 Å². The predicted molar refractivity (Wildman–Crippen MR) is 133 cm³/mol. The highest BCUT2D eigenvalue weighted by Crippen LogP contribution is 2.36. The van der Waals surface area contributed by atoms with E-state index in [1.54, 1.807) is 12.1 Å². The van der Waals surface area contributed by atoms with Crippen molar-refractivity contribution in [3.8, 4) is 0 Å². The Balaban J connectivity index is 1.60. The lowest BCUT2D eigenvalue weighted by molar-refractivity contribution is -0.114. The summed E-state index contributed by atoms with van der Waals surface area (Å²) >= 11 is 12.6. The number of amides is 1. The first-order valence-corrected chi connectivity index (χ1v) is 11.7. The molecule has 3 aromatic rings. The largest absolute Gasteiger partial charge is 0.441 e. The van der Waals surface area contributed by atoms with Gasteiger partial charge in [-0.15, -0.1) is 0 Å². The van der Waals surface area contributed by atoms with Crippen LogP contribution in [0.5, 0.6) is 0 Å². The van der Waals surface area contributed by atoms with Gasteiger partial charge in [-0.05, 0) is 48.5 Å². The number of aliphatic imine (C=N–C) groups is 1. The molecule has 0 saturated carbocycles. The molecule has 35 heavy (non-hydrogen) atoms. The van der Waals surface area contributed by atoms with Crippen LogP contribution in [-0.2, 0) is 11.3 Å². The van der Waals surface area contributed by atoms with E-state index in [0.717, 1.165) is 27.2 Å². The first-order valence-electron chi connectivity index (χ1n) is 10.1. The number of hydrogen-bond acceptors (Lipinski definition) is 4. The molecule has 2 aliphatic heterocycles. The number of carbonyl (C=O) groups is 1. The molecule has 0 unspecified atom stereocenters. The summed E-state index contributed by atoms with van der Waals surface area (Å²) < 4.78 is 41.3. The van der Waals surface area contributed by atoms with Gasteiger partial charge in [0.05, 0.1) is 5.57 Å². The van der Waals surface area contributed by atoms with Crippen LogP contribution in [0.1, 0.15) is 16.8 Å². The highest BCUT2D eigenvalue weighted by Gasteiger charge is 2.46. The van der Waals surface area contributed by atoms with Crippen molar-refractivity contribution in [2.45, 2.75) is 19.6 Å². The number of thioether (sulfide) groups is 1. The van der Waals surface area contributed by atoms with Crippen molar-refractivity contribution in [3.05, 3.63) is 74.9 Å². The van der Waals surface area contributed by atoms with Gasteiger partial charge in [-0.3, -0.25) is 10.2 Å². The maximum Gasteiger partial charge on any atom is 0.441 e. The van der Waals surface area contributed by atoms with Crippen molar-refractivity contribution in [1.82, 2.24) is 9.58 Å². The number of benzene rings is 2. The zero-order chi connectivity index (χ0) is 25.1. The second-order valence-corrected chi connectivity index (χ2v) is 9.56. The molecule has 0 fully saturated rings. The van der Waals surface area contributed by atoms with Crippen LogP contribution in [0.4, 0.5) is 13.2 Å². The summed E-state index contributed by atoms with van der Waals surface area (Å²) in [5, 5.41) is 12.9. The highest BCUT2D eigenvalue weighted by molar-refractivity contribution is 8.27. The van der Waals surface area contributed by atoms with Crippen LogP contribution >= 0.6 is 35.0 Å². The maximum atomic E-state index is 13.1. The first kappa shape index (κ1) is 23.7. The summed E-state index contributed by atoms with van der Waals surface area (Å²) in [7, 11) is 0. The third kappa shape index (κ3) is 4.15. The summed E-state index contributed by atoms with van der Waals surface area (Å²) in [5.41, 5.74) is 2.95. The quantitative estimate of drug-likeness (QED) is 0.389. The van der Waals surface area contributed by atoms with Gasteiger partial charge in [-0.2, -0.15) is 28.3 Å². The van der Waals surface area contributed by atoms with E-state index in [9.17, 15) is 18.0 Å². The summed E-state index contributed by atoms with van der Waals surface area (Å²) in [6.07, 6.45) is -3.22. The number of para-hydroxylation sites is 1. The van der Waals surface area contributed by atoms with Crippen molar-refractivity contribution in [2.24, 2.45) is 10.1 Å². The molecular formula is C23H14Cl2F3N5OS. The zero-order valence-electron chi connectivity index (χ0n) is 17.8. The number of carbonyl (C=O) groups excluding carboxylic acids is 1. The lowest BCUT2D eigenvalue weighted by atomic mass is 10.1. The third-order valence-electron chi connectivity index (χ3n) is 5.61. The van der Waals surface area contributed by atoms with E-state index in [0.29, 0.717) is 22.2 Å². The number of hydrogen-bond donors (Lipinski definition) is 1.